The zero-order valence-electron chi connectivity index (χ0n) is 14.8. The lowest BCUT2D eigenvalue weighted by Crippen LogP contribution is -2.45. The normalized spacial score (nSPS) is 12.2. The van der Waals surface area contributed by atoms with Crippen molar-refractivity contribution in [3.8, 4) is 0 Å². The summed E-state index contributed by atoms with van der Waals surface area (Å²) in [5.74, 6) is -0.397. The molecule has 0 fully saturated rings. The van der Waals surface area contributed by atoms with Crippen LogP contribution in [0.5, 0.6) is 0 Å². The summed E-state index contributed by atoms with van der Waals surface area (Å²) >= 11 is 0. The van der Waals surface area contributed by atoms with Gasteiger partial charge in [-0.2, -0.15) is 0 Å². The summed E-state index contributed by atoms with van der Waals surface area (Å²) < 4.78 is 0. The van der Waals surface area contributed by atoms with Crippen molar-refractivity contribution in [3.63, 3.8) is 0 Å². The number of benzene rings is 2. The monoisotopic (exact) mass is 369 g/mol. The van der Waals surface area contributed by atoms with Crippen LogP contribution >= 0.6 is 0 Å². The first kappa shape index (κ1) is 20.2. The van der Waals surface area contributed by atoms with E-state index in [1.54, 1.807) is 0 Å². The number of hydrogen-bond donors (Lipinski definition) is 3. The van der Waals surface area contributed by atoms with E-state index in [9.17, 15) is 14.9 Å². The van der Waals surface area contributed by atoms with Gasteiger partial charge in [0, 0.05) is 0 Å². The Balaban J connectivity index is 2.24. The van der Waals surface area contributed by atoms with Gasteiger partial charge in [0.15, 0.2) is 11.4 Å². The minimum Gasteiger partial charge on any atom is -0.330 e. The number of nitrogens with one attached hydrogen (secondary N) is 2. The van der Waals surface area contributed by atoms with Crippen molar-refractivity contribution < 1.29 is 9.83 Å². The van der Waals surface area contributed by atoms with Crippen LogP contribution < -0.4 is 16.4 Å². The predicted molar refractivity (Wildman–Crippen MR) is 104 cm³/mol. The first-order chi connectivity index (χ1) is 13.1. The third-order valence-electron chi connectivity index (χ3n) is 4.01. The standard InChI is InChI=1S/C19H23N5O3/c20-13-7-12-17(19(25)21-14-22-24(26)27)23-18(15-8-3-1-4-9-15)16-10-5-2-6-11-16/h1-6,8-11,14,17-18,23H,7,12-13,20H2,(H,21,22,25)/t17-/m0/s1. The van der Waals surface area contributed by atoms with Gasteiger partial charge in [0.05, 0.1) is 17.2 Å². The van der Waals surface area contributed by atoms with E-state index in [2.05, 4.69) is 15.7 Å². The summed E-state index contributed by atoms with van der Waals surface area (Å²) in [5.41, 5.74) is 7.61. The molecular formula is C19H23N5O3. The number of amides is 1. The fourth-order valence-corrected chi connectivity index (χ4v) is 2.73. The molecule has 1 amide bonds. The second kappa shape index (κ2) is 10.8. The third-order valence-corrected chi connectivity index (χ3v) is 4.01. The van der Waals surface area contributed by atoms with Crippen LogP contribution in [-0.4, -0.2) is 29.9 Å². The molecule has 0 heterocycles. The number of rotatable bonds is 10. The van der Waals surface area contributed by atoms with Crippen LogP contribution in [0.3, 0.4) is 0 Å². The lowest BCUT2D eigenvalue weighted by molar-refractivity contribution is -0.484. The van der Waals surface area contributed by atoms with E-state index in [1.807, 2.05) is 60.7 Å². The maximum Gasteiger partial charge on any atom is 0.242 e. The Morgan fingerprint density at radius 1 is 1.11 bits per heavy atom. The number of nitro groups is 1. The lowest BCUT2D eigenvalue weighted by Gasteiger charge is -2.25. The molecule has 27 heavy (non-hydrogen) atoms. The molecule has 142 valence electrons. The second-order valence-corrected chi connectivity index (χ2v) is 5.90. The molecule has 0 saturated carbocycles. The van der Waals surface area contributed by atoms with Crippen molar-refractivity contribution >= 4 is 12.2 Å². The zero-order chi connectivity index (χ0) is 19.5. The molecule has 8 nitrogen and oxygen atoms in total. The molecule has 0 aromatic heterocycles. The van der Waals surface area contributed by atoms with E-state index in [4.69, 9.17) is 5.73 Å². The van der Waals surface area contributed by atoms with Crippen molar-refractivity contribution in [1.29, 1.82) is 0 Å². The van der Waals surface area contributed by atoms with Gasteiger partial charge in [0.2, 0.25) is 5.91 Å². The second-order valence-electron chi connectivity index (χ2n) is 5.90. The van der Waals surface area contributed by atoms with E-state index in [0.29, 0.717) is 19.4 Å². The lowest BCUT2D eigenvalue weighted by atomic mass is 9.97. The van der Waals surface area contributed by atoms with Crippen molar-refractivity contribution in [2.24, 2.45) is 10.8 Å². The average molecular weight is 369 g/mol. The summed E-state index contributed by atoms with van der Waals surface area (Å²) in [6, 6.07) is 18.7. The molecule has 0 aliphatic rings. The number of hydrogen-bond acceptors (Lipinski definition) is 5. The Bertz CT molecular complexity index is 713. The van der Waals surface area contributed by atoms with Crippen LogP contribution in [0, 0.1) is 10.1 Å². The van der Waals surface area contributed by atoms with Gasteiger partial charge < -0.3 is 11.1 Å². The Labute approximate surface area is 157 Å². The van der Waals surface area contributed by atoms with Gasteiger partial charge >= 0.3 is 0 Å². The Morgan fingerprint density at radius 2 is 1.67 bits per heavy atom. The molecule has 1 atom stereocenters. The van der Waals surface area contributed by atoms with E-state index >= 15 is 0 Å². The van der Waals surface area contributed by atoms with Crippen molar-refractivity contribution in [3.05, 3.63) is 81.9 Å². The first-order valence-electron chi connectivity index (χ1n) is 8.65. The topological polar surface area (TPSA) is 123 Å². The molecule has 2 aromatic carbocycles. The molecule has 0 saturated heterocycles. The fraction of sp³-hybridized carbons (Fsp3) is 0.263. The highest BCUT2D eigenvalue weighted by molar-refractivity contribution is 5.91. The minimum absolute atomic E-state index is 0.214. The molecule has 0 spiro atoms. The van der Waals surface area contributed by atoms with Crippen molar-refractivity contribution in [2.75, 3.05) is 6.54 Å². The molecular weight excluding hydrogens is 346 g/mol. The zero-order valence-corrected chi connectivity index (χ0v) is 14.8. The van der Waals surface area contributed by atoms with Crippen LogP contribution in [0.4, 0.5) is 0 Å². The van der Waals surface area contributed by atoms with Crippen LogP contribution in [-0.2, 0) is 4.79 Å². The van der Waals surface area contributed by atoms with Gasteiger partial charge in [-0.25, -0.2) is 10.1 Å². The molecule has 0 radical (unpaired) electrons. The number of nitrogens with two attached hydrogens (primary N) is 1. The number of nitrogens with zero attached hydrogens (tertiary/aromatic N) is 2. The average Bonchev–Trinajstić information content (AvgIpc) is 2.69. The highest BCUT2D eigenvalue weighted by Crippen LogP contribution is 2.23. The van der Waals surface area contributed by atoms with Crippen LogP contribution in [0.25, 0.3) is 0 Å². The van der Waals surface area contributed by atoms with Crippen molar-refractivity contribution in [1.82, 2.24) is 10.6 Å². The summed E-state index contributed by atoms with van der Waals surface area (Å²) in [7, 11) is 0. The van der Waals surface area contributed by atoms with Gasteiger partial charge in [-0.15, -0.1) is 0 Å². The molecule has 8 heteroatoms. The number of carbonyl (C=O) groups excluding carboxylic acids is 1. The summed E-state index contributed by atoms with van der Waals surface area (Å²) in [4.78, 5) is 22.8. The summed E-state index contributed by atoms with van der Waals surface area (Å²) in [6.07, 6.45) is 1.91. The maximum absolute atomic E-state index is 12.5. The van der Waals surface area contributed by atoms with E-state index in [1.165, 1.54) is 0 Å². The number of carbonyl (C=O) groups is 1. The highest BCUT2D eigenvalue weighted by Gasteiger charge is 2.23. The third kappa shape index (κ3) is 6.61. The summed E-state index contributed by atoms with van der Waals surface area (Å²) in [6.45, 7) is 0.440. The van der Waals surface area contributed by atoms with Crippen LogP contribution in [0.15, 0.2) is 65.8 Å². The SMILES string of the molecule is NCCC[C@H](NC(c1ccccc1)c1ccccc1)C(=O)NC=N[N+](=O)[O-]. The van der Waals surface area contributed by atoms with Gasteiger partial charge in [-0.05, 0) is 30.5 Å². The Kier molecular flexibility index (Phi) is 8.08. The van der Waals surface area contributed by atoms with Crippen LogP contribution in [0.1, 0.15) is 30.0 Å². The highest BCUT2D eigenvalue weighted by atomic mass is 16.7. The first-order valence-corrected chi connectivity index (χ1v) is 8.65. The predicted octanol–water partition coefficient (Wildman–Crippen LogP) is 1.81. The van der Waals surface area contributed by atoms with Gasteiger partial charge in [0.25, 0.3) is 0 Å². The maximum atomic E-state index is 12.5. The van der Waals surface area contributed by atoms with Gasteiger partial charge in [-0.3, -0.25) is 10.1 Å². The molecule has 0 aliphatic heterocycles. The summed E-state index contributed by atoms with van der Waals surface area (Å²) in [5, 5.41) is 18.1. The minimum atomic E-state index is -0.876. The Hall–Kier alpha value is -3.10. The van der Waals surface area contributed by atoms with Crippen LogP contribution in [0.2, 0.25) is 0 Å². The van der Waals surface area contributed by atoms with Crippen molar-refractivity contribution in [2.45, 2.75) is 24.9 Å². The van der Waals surface area contributed by atoms with E-state index in [0.717, 1.165) is 17.5 Å². The smallest absolute Gasteiger partial charge is 0.242 e. The number of hydrazone groups is 1. The molecule has 4 N–H and O–H groups in total. The van der Waals surface area contributed by atoms with Gasteiger partial charge in [0.1, 0.15) is 0 Å². The van der Waals surface area contributed by atoms with Gasteiger partial charge in [-0.1, -0.05) is 60.7 Å². The molecule has 2 rings (SSSR count). The molecule has 0 unspecified atom stereocenters. The molecule has 0 bridgehead atoms. The molecule has 2 aromatic rings. The quantitative estimate of drug-likeness (QED) is 0.255. The Morgan fingerprint density at radius 3 is 2.15 bits per heavy atom. The van der Waals surface area contributed by atoms with E-state index < -0.39 is 17.0 Å². The largest absolute Gasteiger partial charge is 0.330 e. The van der Waals surface area contributed by atoms with E-state index in [-0.39, 0.29) is 6.04 Å². The molecule has 0 aliphatic carbocycles. The fourth-order valence-electron chi connectivity index (χ4n) is 2.73.